The highest BCUT2D eigenvalue weighted by atomic mass is 35.5. The molecule has 1 amide bonds. The van der Waals surface area contributed by atoms with Crippen molar-refractivity contribution in [1.82, 2.24) is 4.98 Å². The molecule has 0 atom stereocenters. The average molecular weight is 405 g/mol. The molecule has 1 N–H and O–H groups in total. The lowest BCUT2D eigenvalue weighted by Crippen LogP contribution is -2.20. The predicted octanol–water partition coefficient (Wildman–Crippen LogP) is 4.50. The Bertz CT molecular complexity index is 945. The van der Waals surface area contributed by atoms with Crippen LogP contribution in [-0.4, -0.2) is 31.7 Å². The van der Waals surface area contributed by atoms with Crippen LogP contribution in [0.5, 0.6) is 17.2 Å². The van der Waals surface area contributed by atoms with Crippen molar-refractivity contribution < 1.29 is 19.0 Å². The third-order valence-electron chi connectivity index (χ3n) is 3.60. The maximum Gasteiger partial charge on any atom is 0.264 e. The van der Waals surface area contributed by atoms with Crippen LogP contribution in [0.25, 0.3) is 11.3 Å². The Balaban J connectivity index is 1.63. The molecule has 0 aliphatic carbocycles. The fourth-order valence-electron chi connectivity index (χ4n) is 2.32. The van der Waals surface area contributed by atoms with Gasteiger partial charge in [-0.3, -0.25) is 10.1 Å². The van der Waals surface area contributed by atoms with E-state index in [1.165, 1.54) is 11.3 Å². The molecular weight excluding hydrogens is 388 g/mol. The van der Waals surface area contributed by atoms with Gasteiger partial charge in [-0.25, -0.2) is 4.98 Å². The topological polar surface area (TPSA) is 69.7 Å². The highest BCUT2D eigenvalue weighted by Gasteiger charge is 2.11. The number of hydrogen-bond donors (Lipinski definition) is 1. The summed E-state index contributed by atoms with van der Waals surface area (Å²) in [6.07, 6.45) is 0. The van der Waals surface area contributed by atoms with Gasteiger partial charge in [-0.15, -0.1) is 11.3 Å². The predicted molar refractivity (Wildman–Crippen MR) is 106 cm³/mol. The molecule has 3 rings (SSSR count). The van der Waals surface area contributed by atoms with Gasteiger partial charge in [0.1, 0.15) is 5.75 Å². The number of hydrogen-bond acceptors (Lipinski definition) is 6. The summed E-state index contributed by atoms with van der Waals surface area (Å²) in [6, 6.07) is 12.4. The number of ether oxygens (including phenoxy) is 3. The molecule has 6 nitrogen and oxygen atoms in total. The van der Waals surface area contributed by atoms with Crippen LogP contribution in [0.2, 0.25) is 5.02 Å². The number of carbonyl (C=O) groups is 1. The number of benzene rings is 2. The zero-order valence-electron chi connectivity index (χ0n) is 14.7. The minimum absolute atomic E-state index is 0.133. The van der Waals surface area contributed by atoms with Gasteiger partial charge in [0.05, 0.1) is 19.9 Å². The number of carbonyl (C=O) groups excluding carboxylic acids is 1. The van der Waals surface area contributed by atoms with Gasteiger partial charge in [-0.05, 0) is 36.4 Å². The number of halogens is 1. The molecule has 3 aromatic rings. The van der Waals surface area contributed by atoms with E-state index >= 15 is 0 Å². The smallest absolute Gasteiger partial charge is 0.264 e. The van der Waals surface area contributed by atoms with Gasteiger partial charge in [0, 0.05) is 16.0 Å². The van der Waals surface area contributed by atoms with Crippen LogP contribution >= 0.6 is 22.9 Å². The first kappa shape index (κ1) is 19.0. The Labute approximate surface area is 165 Å². The molecule has 0 fully saturated rings. The third-order valence-corrected chi connectivity index (χ3v) is 4.59. The van der Waals surface area contributed by atoms with Crippen LogP contribution in [-0.2, 0) is 4.79 Å². The molecule has 0 bridgehead atoms. The number of methoxy groups -OCH3 is 2. The van der Waals surface area contributed by atoms with Gasteiger partial charge in [0.2, 0.25) is 0 Å². The number of rotatable bonds is 7. The molecule has 0 saturated carbocycles. The van der Waals surface area contributed by atoms with E-state index in [2.05, 4.69) is 10.3 Å². The third kappa shape index (κ3) is 4.90. The van der Waals surface area contributed by atoms with Crippen LogP contribution in [0.15, 0.2) is 47.8 Å². The molecular formula is C19H17ClN2O4S. The van der Waals surface area contributed by atoms with Crippen molar-refractivity contribution in [2.45, 2.75) is 0 Å². The van der Waals surface area contributed by atoms with E-state index in [9.17, 15) is 4.79 Å². The first-order valence-corrected chi connectivity index (χ1v) is 9.21. The van der Waals surface area contributed by atoms with Gasteiger partial charge in [-0.2, -0.15) is 0 Å². The lowest BCUT2D eigenvalue weighted by Gasteiger charge is -2.08. The molecule has 0 saturated heterocycles. The Hall–Kier alpha value is -2.77. The lowest BCUT2D eigenvalue weighted by molar-refractivity contribution is -0.118. The normalized spacial score (nSPS) is 10.3. The summed E-state index contributed by atoms with van der Waals surface area (Å²) < 4.78 is 16.0. The van der Waals surface area contributed by atoms with E-state index in [0.29, 0.717) is 27.4 Å². The maximum absolute atomic E-state index is 12.1. The van der Waals surface area contributed by atoms with Gasteiger partial charge >= 0.3 is 0 Å². The average Bonchev–Trinajstić information content (AvgIpc) is 3.14. The van der Waals surface area contributed by atoms with Gasteiger partial charge < -0.3 is 14.2 Å². The summed E-state index contributed by atoms with van der Waals surface area (Å²) in [4.78, 5) is 16.5. The first-order valence-electron chi connectivity index (χ1n) is 7.95. The van der Waals surface area contributed by atoms with Gasteiger partial charge in [0.25, 0.3) is 5.91 Å². The Morgan fingerprint density at radius 1 is 1.15 bits per heavy atom. The molecule has 1 aromatic heterocycles. The van der Waals surface area contributed by atoms with E-state index in [1.807, 2.05) is 23.6 Å². The van der Waals surface area contributed by atoms with Crippen molar-refractivity contribution in [2.24, 2.45) is 0 Å². The molecule has 0 spiro atoms. The largest absolute Gasteiger partial charge is 0.493 e. The fraction of sp³-hybridized carbons (Fsp3) is 0.158. The summed E-state index contributed by atoms with van der Waals surface area (Å²) >= 11 is 7.21. The molecule has 140 valence electrons. The minimum Gasteiger partial charge on any atom is -0.493 e. The second-order valence-electron chi connectivity index (χ2n) is 5.40. The number of nitrogens with zero attached hydrogens (tertiary/aromatic N) is 1. The van der Waals surface area contributed by atoms with E-state index in [0.717, 1.165) is 11.3 Å². The number of anilines is 1. The summed E-state index contributed by atoms with van der Waals surface area (Å²) in [5.74, 6) is 1.48. The second-order valence-corrected chi connectivity index (χ2v) is 6.70. The summed E-state index contributed by atoms with van der Waals surface area (Å²) in [6.45, 7) is -0.133. The van der Waals surface area contributed by atoms with Crippen molar-refractivity contribution in [2.75, 3.05) is 26.1 Å². The van der Waals surface area contributed by atoms with Crippen molar-refractivity contribution >= 4 is 34.0 Å². The Morgan fingerprint density at radius 2 is 1.96 bits per heavy atom. The lowest BCUT2D eigenvalue weighted by atomic mass is 10.1. The van der Waals surface area contributed by atoms with Crippen LogP contribution in [0.1, 0.15) is 0 Å². The highest BCUT2D eigenvalue weighted by Crippen LogP contribution is 2.33. The summed E-state index contributed by atoms with van der Waals surface area (Å²) in [7, 11) is 3.16. The Morgan fingerprint density at radius 3 is 2.70 bits per heavy atom. The van der Waals surface area contributed by atoms with Gasteiger partial charge in [0.15, 0.2) is 23.2 Å². The zero-order valence-corrected chi connectivity index (χ0v) is 16.3. The maximum atomic E-state index is 12.1. The molecule has 0 unspecified atom stereocenters. The molecule has 27 heavy (non-hydrogen) atoms. The minimum atomic E-state index is -0.303. The standard InChI is InChI=1S/C19H17ClN2O4S/c1-24-16-7-6-12(8-17(16)25-2)15-11-27-19(21-15)22-18(23)10-26-14-5-3-4-13(20)9-14/h3-9,11H,10H2,1-2H3,(H,21,22,23). The Kier molecular flexibility index (Phi) is 6.16. The van der Waals surface area contributed by atoms with Crippen molar-refractivity contribution in [3.8, 4) is 28.5 Å². The van der Waals surface area contributed by atoms with Crippen LogP contribution < -0.4 is 19.5 Å². The molecule has 0 aliphatic rings. The van der Waals surface area contributed by atoms with Crippen LogP contribution in [0, 0.1) is 0 Å². The number of thiazole rings is 1. The quantitative estimate of drug-likeness (QED) is 0.628. The van der Waals surface area contributed by atoms with E-state index < -0.39 is 0 Å². The first-order chi connectivity index (χ1) is 13.1. The highest BCUT2D eigenvalue weighted by molar-refractivity contribution is 7.14. The van der Waals surface area contributed by atoms with Crippen molar-refractivity contribution in [3.63, 3.8) is 0 Å². The summed E-state index contributed by atoms with van der Waals surface area (Å²) in [5.41, 5.74) is 1.59. The van der Waals surface area contributed by atoms with Crippen LogP contribution in [0.4, 0.5) is 5.13 Å². The van der Waals surface area contributed by atoms with E-state index in [1.54, 1.807) is 38.5 Å². The van der Waals surface area contributed by atoms with E-state index in [-0.39, 0.29) is 12.5 Å². The molecule has 8 heteroatoms. The molecule has 1 heterocycles. The van der Waals surface area contributed by atoms with E-state index in [4.69, 9.17) is 25.8 Å². The van der Waals surface area contributed by atoms with Crippen molar-refractivity contribution in [1.29, 1.82) is 0 Å². The summed E-state index contributed by atoms with van der Waals surface area (Å²) in [5, 5.41) is 5.61. The zero-order chi connectivity index (χ0) is 19.2. The monoisotopic (exact) mass is 404 g/mol. The molecule has 0 radical (unpaired) electrons. The number of aromatic nitrogens is 1. The van der Waals surface area contributed by atoms with Crippen LogP contribution in [0.3, 0.4) is 0 Å². The molecule has 2 aromatic carbocycles. The fourth-order valence-corrected chi connectivity index (χ4v) is 3.24. The SMILES string of the molecule is COc1ccc(-c2csc(NC(=O)COc3cccc(Cl)c3)n2)cc1OC. The van der Waals surface area contributed by atoms with Crippen molar-refractivity contribution in [3.05, 3.63) is 52.9 Å². The molecule has 0 aliphatic heterocycles. The number of amides is 1. The van der Waals surface area contributed by atoms with Gasteiger partial charge in [-0.1, -0.05) is 17.7 Å². The second kappa shape index (κ2) is 8.75. The number of nitrogens with one attached hydrogen (secondary N) is 1.